The number of halogens is 1. The SMILES string of the molecule is CCCCCCCC[N+](CC)(CC)c1ccccc1.[I-]. The summed E-state index contributed by atoms with van der Waals surface area (Å²) in [6, 6.07) is 11.1. The predicted molar refractivity (Wildman–Crippen MR) is 87.6 cm³/mol. The lowest BCUT2D eigenvalue weighted by molar-refractivity contribution is -0.00000417. The monoisotopic (exact) mass is 389 g/mol. The van der Waals surface area contributed by atoms with Crippen molar-refractivity contribution in [3.05, 3.63) is 30.3 Å². The molecular weight excluding hydrogens is 357 g/mol. The van der Waals surface area contributed by atoms with Crippen molar-refractivity contribution in [2.24, 2.45) is 0 Å². The largest absolute Gasteiger partial charge is 1.00 e. The van der Waals surface area contributed by atoms with Crippen LogP contribution in [-0.2, 0) is 0 Å². The van der Waals surface area contributed by atoms with Crippen LogP contribution in [0.5, 0.6) is 0 Å². The highest BCUT2D eigenvalue weighted by molar-refractivity contribution is 5.42. The molecule has 2 heteroatoms. The summed E-state index contributed by atoms with van der Waals surface area (Å²) in [5.74, 6) is 0. The zero-order chi connectivity index (χ0) is 14.0. The third kappa shape index (κ3) is 6.13. The second kappa shape index (κ2) is 11.6. The van der Waals surface area contributed by atoms with E-state index in [-0.39, 0.29) is 24.0 Å². The maximum Gasteiger partial charge on any atom is 0.132 e. The molecule has 1 aromatic rings. The standard InChI is InChI=1S/C18H32N.HI/c1-4-7-8-9-10-14-17-19(5-2,6-3)18-15-12-11-13-16-18;/h11-13,15-16H,4-10,14,17H2,1-3H3;1H/q+1;/p-1. The minimum Gasteiger partial charge on any atom is -1.00 e. The Morgan fingerprint density at radius 3 is 1.85 bits per heavy atom. The topological polar surface area (TPSA) is 0 Å². The molecule has 116 valence electrons. The maximum absolute atomic E-state index is 2.33. The first-order chi connectivity index (χ1) is 9.29. The Labute approximate surface area is 143 Å². The molecule has 0 atom stereocenters. The molecule has 0 aliphatic carbocycles. The number of rotatable bonds is 10. The van der Waals surface area contributed by atoms with Crippen molar-refractivity contribution in [2.75, 3.05) is 19.6 Å². The first kappa shape index (κ1) is 19.9. The van der Waals surface area contributed by atoms with Crippen molar-refractivity contribution >= 4 is 5.69 Å². The van der Waals surface area contributed by atoms with Gasteiger partial charge in [-0.25, -0.2) is 0 Å². The maximum atomic E-state index is 2.33. The van der Waals surface area contributed by atoms with E-state index in [4.69, 9.17) is 0 Å². The van der Waals surface area contributed by atoms with Gasteiger partial charge in [0.15, 0.2) is 0 Å². The summed E-state index contributed by atoms with van der Waals surface area (Å²) in [4.78, 5) is 0. The smallest absolute Gasteiger partial charge is 0.132 e. The van der Waals surface area contributed by atoms with Crippen molar-refractivity contribution in [2.45, 2.75) is 59.3 Å². The molecule has 0 heterocycles. The van der Waals surface area contributed by atoms with Gasteiger partial charge in [-0.05, 0) is 38.8 Å². The van der Waals surface area contributed by atoms with E-state index in [1.54, 1.807) is 0 Å². The van der Waals surface area contributed by atoms with E-state index in [0.29, 0.717) is 0 Å². The second-order valence-electron chi connectivity index (χ2n) is 5.60. The Kier molecular flexibility index (Phi) is 11.5. The van der Waals surface area contributed by atoms with Crippen LogP contribution in [0.25, 0.3) is 0 Å². The number of unbranched alkanes of at least 4 members (excludes halogenated alkanes) is 5. The molecule has 0 N–H and O–H groups in total. The van der Waals surface area contributed by atoms with E-state index in [9.17, 15) is 0 Å². The summed E-state index contributed by atoms with van der Waals surface area (Å²) in [6.45, 7) is 10.6. The van der Waals surface area contributed by atoms with Crippen LogP contribution in [0, 0.1) is 0 Å². The Morgan fingerprint density at radius 2 is 1.30 bits per heavy atom. The lowest BCUT2D eigenvalue weighted by atomic mass is 10.1. The van der Waals surface area contributed by atoms with E-state index in [2.05, 4.69) is 51.1 Å². The Balaban J connectivity index is 0.00000361. The third-order valence-electron chi connectivity index (χ3n) is 4.45. The van der Waals surface area contributed by atoms with E-state index >= 15 is 0 Å². The molecule has 0 saturated carbocycles. The zero-order valence-corrected chi connectivity index (χ0v) is 15.7. The van der Waals surface area contributed by atoms with Gasteiger partial charge in [0.2, 0.25) is 0 Å². The molecule has 0 aromatic heterocycles. The fourth-order valence-electron chi connectivity index (χ4n) is 2.97. The second-order valence-corrected chi connectivity index (χ2v) is 5.60. The Hall–Kier alpha value is -0.0900. The van der Waals surface area contributed by atoms with Crippen molar-refractivity contribution in [3.63, 3.8) is 0 Å². The summed E-state index contributed by atoms with van der Waals surface area (Å²) < 4.78 is 1.15. The molecule has 0 fully saturated rings. The first-order valence-corrected chi connectivity index (χ1v) is 8.20. The fourth-order valence-corrected chi connectivity index (χ4v) is 2.97. The molecule has 0 unspecified atom stereocenters. The van der Waals surface area contributed by atoms with E-state index in [1.165, 1.54) is 63.8 Å². The van der Waals surface area contributed by atoms with Crippen LogP contribution in [0.2, 0.25) is 0 Å². The average Bonchev–Trinajstić information content (AvgIpc) is 2.48. The summed E-state index contributed by atoms with van der Waals surface area (Å²) >= 11 is 0. The van der Waals surface area contributed by atoms with Crippen LogP contribution >= 0.6 is 0 Å². The molecule has 1 aromatic carbocycles. The lowest BCUT2D eigenvalue weighted by Crippen LogP contribution is -3.00. The van der Waals surface area contributed by atoms with Crippen LogP contribution in [0.3, 0.4) is 0 Å². The van der Waals surface area contributed by atoms with Gasteiger partial charge in [-0.15, -0.1) is 0 Å². The number of para-hydroxylation sites is 1. The lowest BCUT2D eigenvalue weighted by Gasteiger charge is -2.36. The molecule has 20 heavy (non-hydrogen) atoms. The van der Waals surface area contributed by atoms with Gasteiger partial charge < -0.3 is 24.0 Å². The van der Waals surface area contributed by atoms with Crippen molar-refractivity contribution in [3.8, 4) is 0 Å². The van der Waals surface area contributed by atoms with E-state index in [0.717, 1.165) is 4.48 Å². The summed E-state index contributed by atoms with van der Waals surface area (Å²) in [5.41, 5.74) is 1.49. The zero-order valence-electron chi connectivity index (χ0n) is 13.6. The van der Waals surface area contributed by atoms with Crippen molar-refractivity contribution < 1.29 is 24.0 Å². The van der Waals surface area contributed by atoms with Gasteiger partial charge >= 0.3 is 0 Å². The molecule has 1 rings (SSSR count). The third-order valence-corrected chi connectivity index (χ3v) is 4.45. The quantitative estimate of drug-likeness (QED) is 0.328. The van der Waals surface area contributed by atoms with E-state index in [1.807, 2.05) is 0 Å². The van der Waals surface area contributed by atoms with Crippen molar-refractivity contribution in [1.29, 1.82) is 0 Å². The van der Waals surface area contributed by atoms with Crippen LogP contribution in [-0.4, -0.2) is 19.6 Å². The van der Waals surface area contributed by atoms with Crippen molar-refractivity contribution in [1.82, 2.24) is 4.48 Å². The number of benzene rings is 1. The number of hydrogen-bond donors (Lipinski definition) is 0. The highest BCUT2D eigenvalue weighted by atomic mass is 127. The number of nitrogens with zero attached hydrogens (tertiary/aromatic N) is 1. The van der Waals surface area contributed by atoms with Crippen LogP contribution < -0.4 is 28.5 Å². The number of quaternary nitrogens is 1. The van der Waals surface area contributed by atoms with E-state index < -0.39 is 0 Å². The minimum absolute atomic E-state index is 0. The average molecular weight is 389 g/mol. The molecule has 0 aliphatic rings. The first-order valence-electron chi connectivity index (χ1n) is 8.20. The molecular formula is C18H32IN. The Bertz CT molecular complexity index is 319. The predicted octanol–water partition coefficient (Wildman–Crippen LogP) is 2.40. The van der Waals surface area contributed by atoms with Crippen LogP contribution in [0.1, 0.15) is 59.3 Å². The normalized spacial score (nSPS) is 11.2. The Morgan fingerprint density at radius 1 is 0.750 bits per heavy atom. The molecule has 0 amide bonds. The van der Waals surface area contributed by atoms with Crippen LogP contribution in [0.15, 0.2) is 30.3 Å². The van der Waals surface area contributed by atoms with Gasteiger partial charge in [-0.2, -0.15) is 0 Å². The van der Waals surface area contributed by atoms with Gasteiger partial charge in [0.1, 0.15) is 5.69 Å². The number of hydrogen-bond acceptors (Lipinski definition) is 0. The highest BCUT2D eigenvalue weighted by Crippen LogP contribution is 2.23. The summed E-state index contributed by atoms with van der Waals surface area (Å²) in [6.07, 6.45) is 8.33. The van der Waals surface area contributed by atoms with Gasteiger partial charge in [0.05, 0.1) is 19.6 Å². The van der Waals surface area contributed by atoms with Gasteiger partial charge in [-0.1, -0.05) is 50.8 Å². The van der Waals surface area contributed by atoms with Gasteiger partial charge in [-0.3, -0.25) is 4.48 Å². The molecule has 1 nitrogen and oxygen atoms in total. The minimum atomic E-state index is 0. The molecule has 0 bridgehead atoms. The molecule has 0 spiro atoms. The van der Waals surface area contributed by atoms with Gasteiger partial charge in [0.25, 0.3) is 0 Å². The highest BCUT2D eigenvalue weighted by Gasteiger charge is 2.25. The molecule has 0 aliphatic heterocycles. The molecule has 0 radical (unpaired) electrons. The summed E-state index contributed by atoms with van der Waals surface area (Å²) in [5, 5.41) is 0. The van der Waals surface area contributed by atoms with Crippen LogP contribution in [0.4, 0.5) is 5.69 Å². The summed E-state index contributed by atoms with van der Waals surface area (Å²) in [7, 11) is 0. The van der Waals surface area contributed by atoms with Gasteiger partial charge in [0, 0.05) is 0 Å². The molecule has 0 saturated heterocycles. The fraction of sp³-hybridized carbons (Fsp3) is 0.667.